The fourth-order valence-electron chi connectivity index (χ4n) is 2.77. The Hall–Kier alpha value is -0.980. The molecule has 0 N–H and O–H groups in total. The topological polar surface area (TPSA) is 9.23 Å². The van der Waals surface area contributed by atoms with Crippen molar-refractivity contribution in [2.75, 3.05) is 6.61 Å². The zero-order chi connectivity index (χ0) is 12.3. The molecule has 1 aromatic carbocycles. The number of ether oxygens (including phenoxy) is 1. The fraction of sp³-hybridized carbons (Fsp3) is 0.625. The van der Waals surface area contributed by atoms with Gasteiger partial charge in [0.05, 0.1) is 6.61 Å². The van der Waals surface area contributed by atoms with Crippen LogP contribution in [0.1, 0.15) is 38.7 Å². The highest BCUT2D eigenvalue weighted by molar-refractivity contribution is 5.26. The van der Waals surface area contributed by atoms with Gasteiger partial charge in [0.15, 0.2) is 0 Å². The van der Waals surface area contributed by atoms with E-state index >= 15 is 0 Å². The lowest BCUT2D eigenvalue weighted by Gasteiger charge is -2.34. The molecule has 0 spiro atoms. The first-order valence-electron chi connectivity index (χ1n) is 6.83. The molecule has 17 heavy (non-hydrogen) atoms. The van der Waals surface area contributed by atoms with Gasteiger partial charge in [0.1, 0.15) is 5.75 Å². The number of rotatable bonds is 5. The second kappa shape index (κ2) is 5.57. The summed E-state index contributed by atoms with van der Waals surface area (Å²) in [5.74, 6) is 3.60. The van der Waals surface area contributed by atoms with Gasteiger partial charge in [0.25, 0.3) is 0 Å². The highest BCUT2D eigenvalue weighted by Crippen LogP contribution is 2.37. The quantitative estimate of drug-likeness (QED) is 0.729. The van der Waals surface area contributed by atoms with Crippen molar-refractivity contribution in [1.82, 2.24) is 0 Å². The molecular formula is C16H24O. The summed E-state index contributed by atoms with van der Waals surface area (Å²) in [7, 11) is 0. The van der Waals surface area contributed by atoms with E-state index in [1.807, 2.05) is 0 Å². The van der Waals surface area contributed by atoms with Crippen LogP contribution in [-0.2, 0) is 0 Å². The minimum absolute atomic E-state index is 0.675. The van der Waals surface area contributed by atoms with Crippen LogP contribution in [0.3, 0.4) is 0 Å². The van der Waals surface area contributed by atoms with Crippen molar-refractivity contribution in [2.45, 2.75) is 40.0 Å². The number of aryl methyl sites for hydroxylation is 1. The molecule has 0 saturated heterocycles. The maximum Gasteiger partial charge on any atom is 0.119 e. The molecule has 0 heterocycles. The molecule has 1 nitrogen and oxygen atoms in total. The van der Waals surface area contributed by atoms with E-state index in [-0.39, 0.29) is 0 Å². The van der Waals surface area contributed by atoms with E-state index in [9.17, 15) is 0 Å². The molecule has 1 aromatic rings. The third-order valence-corrected chi connectivity index (χ3v) is 3.76. The van der Waals surface area contributed by atoms with Crippen LogP contribution in [0.2, 0.25) is 0 Å². The van der Waals surface area contributed by atoms with Crippen LogP contribution in [0, 0.1) is 24.7 Å². The van der Waals surface area contributed by atoms with Crippen molar-refractivity contribution in [1.29, 1.82) is 0 Å². The lowest BCUT2D eigenvalue weighted by molar-refractivity contribution is 0.151. The monoisotopic (exact) mass is 232 g/mol. The van der Waals surface area contributed by atoms with E-state index < -0.39 is 0 Å². The van der Waals surface area contributed by atoms with Gasteiger partial charge in [-0.1, -0.05) is 31.5 Å². The number of hydrogen-bond donors (Lipinski definition) is 0. The second-order valence-electron chi connectivity index (χ2n) is 5.91. The zero-order valence-electron chi connectivity index (χ0n) is 11.3. The average molecular weight is 232 g/mol. The van der Waals surface area contributed by atoms with Crippen LogP contribution in [-0.4, -0.2) is 6.61 Å². The van der Waals surface area contributed by atoms with Crippen molar-refractivity contribution >= 4 is 0 Å². The van der Waals surface area contributed by atoms with Crippen LogP contribution in [0.5, 0.6) is 5.75 Å². The lowest BCUT2D eigenvalue weighted by Crippen LogP contribution is -2.24. The normalized spacial score (nSPS) is 25.1. The highest BCUT2D eigenvalue weighted by atomic mass is 16.5. The number of benzene rings is 1. The molecule has 1 aliphatic carbocycles. The SMILES string of the molecule is Cc1ccc(OCC(C)CC2CC(C)C2)cc1. The maximum absolute atomic E-state index is 5.82. The summed E-state index contributed by atoms with van der Waals surface area (Å²) in [5, 5.41) is 0. The van der Waals surface area contributed by atoms with Crippen molar-refractivity contribution in [3.8, 4) is 5.75 Å². The van der Waals surface area contributed by atoms with Gasteiger partial charge in [-0.3, -0.25) is 0 Å². The Morgan fingerprint density at radius 3 is 2.47 bits per heavy atom. The molecule has 0 radical (unpaired) electrons. The van der Waals surface area contributed by atoms with E-state index in [2.05, 4.69) is 45.0 Å². The summed E-state index contributed by atoms with van der Waals surface area (Å²) in [6, 6.07) is 8.34. The zero-order valence-corrected chi connectivity index (χ0v) is 11.3. The minimum atomic E-state index is 0.675. The molecule has 2 rings (SSSR count). The van der Waals surface area contributed by atoms with E-state index in [0.29, 0.717) is 5.92 Å². The van der Waals surface area contributed by atoms with Crippen LogP contribution >= 0.6 is 0 Å². The van der Waals surface area contributed by atoms with Gasteiger partial charge in [-0.25, -0.2) is 0 Å². The molecular weight excluding hydrogens is 208 g/mol. The third-order valence-electron chi connectivity index (χ3n) is 3.76. The van der Waals surface area contributed by atoms with Gasteiger partial charge < -0.3 is 4.74 Å². The lowest BCUT2D eigenvalue weighted by atomic mass is 9.72. The van der Waals surface area contributed by atoms with Gasteiger partial charge in [-0.15, -0.1) is 0 Å². The van der Waals surface area contributed by atoms with Gasteiger partial charge in [-0.2, -0.15) is 0 Å². The Kier molecular flexibility index (Phi) is 4.09. The van der Waals surface area contributed by atoms with Crippen LogP contribution in [0.4, 0.5) is 0 Å². The van der Waals surface area contributed by atoms with Gasteiger partial charge >= 0.3 is 0 Å². The molecule has 0 amide bonds. The Bertz CT molecular complexity index is 335. The molecule has 1 heteroatoms. The second-order valence-corrected chi connectivity index (χ2v) is 5.91. The molecule has 1 unspecified atom stereocenters. The Labute approximate surface area is 105 Å². The third kappa shape index (κ3) is 3.76. The molecule has 0 aromatic heterocycles. The van der Waals surface area contributed by atoms with Crippen LogP contribution < -0.4 is 4.74 Å². The maximum atomic E-state index is 5.82. The molecule has 0 aliphatic heterocycles. The molecule has 0 bridgehead atoms. The molecule has 1 saturated carbocycles. The van der Waals surface area contributed by atoms with Crippen LogP contribution in [0.25, 0.3) is 0 Å². The van der Waals surface area contributed by atoms with Gasteiger partial charge in [-0.05, 0) is 56.1 Å². The Morgan fingerprint density at radius 1 is 1.24 bits per heavy atom. The summed E-state index contributed by atoms with van der Waals surface area (Å²) in [6.07, 6.45) is 4.18. The molecule has 1 aliphatic rings. The van der Waals surface area contributed by atoms with Gasteiger partial charge in [0, 0.05) is 0 Å². The summed E-state index contributed by atoms with van der Waals surface area (Å²) >= 11 is 0. The first-order chi connectivity index (χ1) is 8.13. The summed E-state index contributed by atoms with van der Waals surface area (Å²) < 4.78 is 5.82. The van der Waals surface area contributed by atoms with E-state index in [4.69, 9.17) is 4.74 Å². The fourth-order valence-corrected chi connectivity index (χ4v) is 2.77. The Balaban J connectivity index is 1.68. The predicted molar refractivity (Wildman–Crippen MR) is 72.3 cm³/mol. The van der Waals surface area contributed by atoms with E-state index in [1.165, 1.54) is 24.8 Å². The smallest absolute Gasteiger partial charge is 0.119 e. The predicted octanol–water partition coefficient (Wildman–Crippen LogP) is 4.45. The summed E-state index contributed by atoms with van der Waals surface area (Å²) in [4.78, 5) is 0. The van der Waals surface area contributed by atoms with Crippen molar-refractivity contribution in [3.05, 3.63) is 29.8 Å². The van der Waals surface area contributed by atoms with E-state index in [0.717, 1.165) is 24.2 Å². The minimum Gasteiger partial charge on any atom is -0.493 e. The van der Waals surface area contributed by atoms with Crippen LogP contribution in [0.15, 0.2) is 24.3 Å². The van der Waals surface area contributed by atoms with Crippen molar-refractivity contribution in [2.24, 2.45) is 17.8 Å². The molecule has 1 fully saturated rings. The molecule has 1 atom stereocenters. The van der Waals surface area contributed by atoms with Crippen molar-refractivity contribution in [3.63, 3.8) is 0 Å². The Morgan fingerprint density at radius 2 is 1.88 bits per heavy atom. The number of hydrogen-bond acceptors (Lipinski definition) is 1. The molecule has 94 valence electrons. The van der Waals surface area contributed by atoms with Gasteiger partial charge in [0.2, 0.25) is 0 Å². The first-order valence-corrected chi connectivity index (χ1v) is 6.83. The standard InChI is InChI=1S/C16H24O/c1-12-4-6-16(7-5-12)17-11-14(3)10-15-8-13(2)9-15/h4-7,13-15H,8-11H2,1-3H3. The average Bonchev–Trinajstić information content (AvgIpc) is 2.26. The summed E-state index contributed by atoms with van der Waals surface area (Å²) in [6.45, 7) is 7.61. The van der Waals surface area contributed by atoms with E-state index in [1.54, 1.807) is 0 Å². The largest absolute Gasteiger partial charge is 0.493 e. The van der Waals surface area contributed by atoms with Crippen molar-refractivity contribution < 1.29 is 4.74 Å². The highest BCUT2D eigenvalue weighted by Gasteiger charge is 2.26. The first kappa shape index (κ1) is 12.5. The summed E-state index contributed by atoms with van der Waals surface area (Å²) in [5.41, 5.74) is 1.29.